The number of aromatic nitrogens is 2. The fourth-order valence-electron chi connectivity index (χ4n) is 4.09. The highest BCUT2D eigenvalue weighted by atomic mass is 19.1. The van der Waals surface area contributed by atoms with Gasteiger partial charge in [0.05, 0.1) is 5.39 Å². The highest BCUT2D eigenvalue weighted by Crippen LogP contribution is 2.30. The van der Waals surface area contributed by atoms with Crippen molar-refractivity contribution in [2.75, 3.05) is 7.05 Å². The maximum absolute atomic E-state index is 15.1. The number of rotatable bonds is 3. The second kappa shape index (κ2) is 7.35. The van der Waals surface area contributed by atoms with Crippen molar-refractivity contribution in [1.82, 2.24) is 14.5 Å². The molecule has 2 aromatic heterocycles. The van der Waals surface area contributed by atoms with Crippen LogP contribution in [0.4, 0.5) is 8.78 Å². The van der Waals surface area contributed by atoms with Gasteiger partial charge in [-0.05, 0) is 54.6 Å². The quantitative estimate of drug-likeness (QED) is 0.529. The number of benzene rings is 2. The van der Waals surface area contributed by atoms with Crippen LogP contribution >= 0.6 is 0 Å². The minimum Gasteiger partial charge on any atom is -0.477 e. The Labute approximate surface area is 181 Å². The van der Waals surface area contributed by atoms with Crippen LogP contribution in [0.3, 0.4) is 0 Å². The van der Waals surface area contributed by atoms with Gasteiger partial charge in [-0.3, -0.25) is 9.69 Å². The minimum atomic E-state index is -1.44. The lowest BCUT2D eigenvalue weighted by Gasteiger charge is -2.14. The van der Waals surface area contributed by atoms with Crippen LogP contribution in [0, 0.1) is 11.6 Å². The molecule has 4 aromatic rings. The van der Waals surface area contributed by atoms with E-state index in [1.165, 1.54) is 28.8 Å². The smallest absolute Gasteiger partial charge is 0.341 e. The van der Waals surface area contributed by atoms with Crippen molar-refractivity contribution in [3.63, 3.8) is 0 Å². The first kappa shape index (κ1) is 20.0. The minimum absolute atomic E-state index is 0.0492. The lowest BCUT2D eigenvalue weighted by molar-refractivity contribution is 0.0695. The van der Waals surface area contributed by atoms with Crippen LogP contribution in [-0.4, -0.2) is 32.6 Å². The predicted molar refractivity (Wildman–Crippen MR) is 115 cm³/mol. The molecule has 0 aliphatic carbocycles. The maximum Gasteiger partial charge on any atom is 0.341 e. The highest BCUT2D eigenvalue weighted by Gasteiger charge is 2.21. The van der Waals surface area contributed by atoms with Crippen LogP contribution in [0.15, 0.2) is 59.5 Å². The summed E-state index contributed by atoms with van der Waals surface area (Å²) in [7, 11) is 2.00. The van der Waals surface area contributed by atoms with Crippen molar-refractivity contribution in [1.29, 1.82) is 0 Å². The first-order chi connectivity index (χ1) is 15.3. The average molecular weight is 433 g/mol. The average Bonchev–Trinajstić information content (AvgIpc) is 3.13. The van der Waals surface area contributed by atoms with Gasteiger partial charge in [-0.15, -0.1) is 0 Å². The highest BCUT2D eigenvalue weighted by molar-refractivity contribution is 5.92. The van der Waals surface area contributed by atoms with E-state index in [9.17, 15) is 19.1 Å². The summed E-state index contributed by atoms with van der Waals surface area (Å²) in [5.74, 6) is -2.64. The Morgan fingerprint density at radius 1 is 1.03 bits per heavy atom. The van der Waals surface area contributed by atoms with Gasteiger partial charge in [-0.2, -0.15) is 0 Å². The lowest BCUT2D eigenvalue weighted by Crippen LogP contribution is -2.19. The summed E-state index contributed by atoms with van der Waals surface area (Å²) in [5.41, 5.74) is 1.94. The largest absolute Gasteiger partial charge is 0.477 e. The van der Waals surface area contributed by atoms with E-state index in [-0.39, 0.29) is 16.7 Å². The summed E-state index contributed by atoms with van der Waals surface area (Å²) in [5, 5.41) is 9.29. The van der Waals surface area contributed by atoms with Gasteiger partial charge in [0.2, 0.25) is 5.43 Å². The molecule has 0 fully saturated rings. The zero-order valence-electron chi connectivity index (χ0n) is 17.0. The summed E-state index contributed by atoms with van der Waals surface area (Å²) < 4.78 is 29.9. The molecule has 32 heavy (non-hydrogen) atoms. The maximum atomic E-state index is 15.1. The Balaban J connectivity index is 1.79. The van der Waals surface area contributed by atoms with Crippen LogP contribution in [0.1, 0.15) is 21.5 Å². The molecule has 2 aromatic carbocycles. The van der Waals surface area contributed by atoms with Gasteiger partial charge in [0.1, 0.15) is 28.5 Å². The van der Waals surface area contributed by atoms with Crippen LogP contribution in [0.2, 0.25) is 0 Å². The molecule has 1 aliphatic rings. The molecule has 0 unspecified atom stereocenters. The van der Waals surface area contributed by atoms with E-state index in [1.54, 1.807) is 6.07 Å². The summed E-state index contributed by atoms with van der Waals surface area (Å²) in [6, 6.07) is 11.9. The van der Waals surface area contributed by atoms with Crippen LogP contribution in [-0.2, 0) is 13.1 Å². The number of nitrogens with zero attached hydrogens (tertiary/aromatic N) is 3. The Hall–Kier alpha value is -3.91. The molecule has 1 aliphatic heterocycles. The van der Waals surface area contributed by atoms with Gasteiger partial charge in [0.25, 0.3) is 0 Å². The molecule has 0 atom stereocenters. The molecule has 0 amide bonds. The van der Waals surface area contributed by atoms with E-state index in [0.29, 0.717) is 11.3 Å². The Morgan fingerprint density at radius 2 is 1.75 bits per heavy atom. The number of halogens is 2. The molecule has 0 bridgehead atoms. The number of pyridine rings is 2. The number of carbonyl (C=O) groups is 1. The molecule has 0 saturated heterocycles. The number of aromatic carboxylic acids is 1. The van der Waals surface area contributed by atoms with Gasteiger partial charge in [0, 0.05) is 30.5 Å². The Morgan fingerprint density at radius 3 is 2.47 bits per heavy atom. The van der Waals surface area contributed by atoms with Gasteiger partial charge in [-0.1, -0.05) is 12.1 Å². The van der Waals surface area contributed by atoms with E-state index in [1.807, 2.05) is 19.2 Å². The first-order valence-electron chi connectivity index (χ1n) is 9.87. The van der Waals surface area contributed by atoms with E-state index in [2.05, 4.69) is 9.88 Å². The van der Waals surface area contributed by atoms with E-state index >= 15 is 4.39 Å². The number of carboxylic acids is 1. The van der Waals surface area contributed by atoms with Crippen molar-refractivity contribution in [2.24, 2.45) is 0 Å². The van der Waals surface area contributed by atoms with Gasteiger partial charge in [0.15, 0.2) is 0 Å². The van der Waals surface area contributed by atoms with Crippen molar-refractivity contribution >= 4 is 17.0 Å². The second-order valence-corrected chi connectivity index (χ2v) is 7.87. The molecule has 1 N–H and O–H groups in total. The first-order valence-corrected chi connectivity index (χ1v) is 9.87. The fourth-order valence-corrected chi connectivity index (χ4v) is 4.09. The number of carboxylic acid groups (broad SMARTS) is 1. The molecule has 0 saturated carbocycles. The number of fused-ring (bicyclic) bond motifs is 2. The van der Waals surface area contributed by atoms with Crippen molar-refractivity contribution in [3.05, 3.63) is 93.3 Å². The molecule has 3 heterocycles. The van der Waals surface area contributed by atoms with Gasteiger partial charge >= 0.3 is 5.97 Å². The van der Waals surface area contributed by atoms with Crippen molar-refractivity contribution < 1.29 is 18.7 Å². The topological polar surface area (TPSA) is 75.4 Å². The predicted octanol–water partition coefficient (Wildman–Crippen LogP) is 3.97. The summed E-state index contributed by atoms with van der Waals surface area (Å²) in [6.45, 7) is 1.55. The normalized spacial score (nSPS) is 13.5. The monoisotopic (exact) mass is 433 g/mol. The molecule has 0 spiro atoms. The molecule has 160 valence electrons. The Bertz CT molecular complexity index is 1460. The third-order valence-electron chi connectivity index (χ3n) is 5.63. The van der Waals surface area contributed by atoms with E-state index in [0.717, 1.165) is 36.5 Å². The molecular formula is C24H17F2N3O3. The van der Waals surface area contributed by atoms with E-state index in [4.69, 9.17) is 0 Å². The van der Waals surface area contributed by atoms with Crippen LogP contribution in [0.5, 0.6) is 0 Å². The van der Waals surface area contributed by atoms with Gasteiger partial charge < -0.3 is 9.67 Å². The zero-order valence-corrected chi connectivity index (χ0v) is 17.0. The number of hydrogen-bond acceptors (Lipinski definition) is 4. The third kappa shape index (κ3) is 3.25. The molecule has 8 heteroatoms. The SMILES string of the molecule is CN1Cc2ccc(-c3nc4c(cc3F)c(=O)c(C(=O)O)cn4-c3ccc(F)cc3)cc2C1. The van der Waals surface area contributed by atoms with E-state index < -0.39 is 28.6 Å². The lowest BCUT2D eigenvalue weighted by atomic mass is 10.0. The second-order valence-electron chi connectivity index (χ2n) is 7.87. The third-order valence-corrected chi connectivity index (χ3v) is 5.63. The van der Waals surface area contributed by atoms with Crippen LogP contribution < -0.4 is 5.43 Å². The molecule has 5 rings (SSSR count). The molecule has 0 radical (unpaired) electrons. The summed E-state index contributed by atoms with van der Waals surface area (Å²) in [6.07, 6.45) is 1.13. The Kier molecular flexibility index (Phi) is 4.60. The van der Waals surface area contributed by atoms with Crippen molar-refractivity contribution in [3.8, 4) is 16.9 Å². The molecule has 6 nitrogen and oxygen atoms in total. The standard InChI is InChI=1S/C24H17F2N3O3/c1-28-10-14-3-2-13(8-15(14)11-28)21-20(26)9-18-22(30)19(24(31)32)12-29(23(18)27-21)17-6-4-16(25)5-7-17/h2-9,12H,10-11H2,1H3,(H,31,32). The zero-order chi connectivity index (χ0) is 22.6. The molecular weight excluding hydrogens is 416 g/mol. The summed E-state index contributed by atoms with van der Waals surface area (Å²) >= 11 is 0. The summed E-state index contributed by atoms with van der Waals surface area (Å²) in [4.78, 5) is 30.9. The fraction of sp³-hybridized carbons (Fsp3) is 0.125. The number of hydrogen-bond donors (Lipinski definition) is 1. The van der Waals surface area contributed by atoms with Crippen LogP contribution in [0.25, 0.3) is 28.0 Å². The van der Waals surface area contributed by atoms with Crippen molar-refractivity contribution in [2.45, 2.75) is 13.1 Å². The van der Waals surface area contributed by atoms with Gasteiger partial charge in [-0.25, -0.2) is 18.6 Å².